The van der Waals surface area contributed by atoms with Crippen molar-refractivity contribution in [2.75, 3.05) is 0 Å². The quantitative estimate of drug-likeness (QED) is 0.195. The van der Waals surface area contributed by atoms with Crippen LogP contribution < -0.4 is 0 Å². The second kappa shape index (κ2) is 10.0. The molecule has 5 heteroatoms. The first kappa shape index (κ1) is 22.7. The molecule has 0 aliphatic carbocycles. The summed E-state index contributed by atoms with van der Waals surface area (Å²) in [6.07, 6.45) is 1.88. The van der Waals surface area contributed by atoms with Gasteiger partial charge < -0.3 is 4.57 Å². The summed E-state index contributed by atoms with van der Waals surface area (Å²) in [7, 11) is 0. The number of rotatable bonds is 5. The van der Waals surface area contributed by atoms with E-state index in [1.807, 2.05) is 30.5 Å². The molecule has 5 rings (SSSR count). The van der Waals surface area contributed by atoms with Gasteiger partial charge in [0, 0.05) is 32.0 Å². The van der Waals surface area contributed by atoms with Gasteiger partial charge in [-0.1, -0.05) is 99.8 Å². The Hall–Kier alpha value is -3.11. The van der Waals surface area contributed by atoms with Gasteiger partial charge >= 0.3 is 0 Å². The molecule has 0 unspecified atom stereocenters. The first-order chi connectivity index (χ1) is 16.6. The highest BCUT2D eigenvalue weighted by Gasteiger charge is 2.18. The number of nitrogens with zero attached hydrogens (tertiary/aromatic N) is 2. The highest BCUT2D eigenvalue weighted by Crippen LogP contribution is 2.36. The molecule has 1 heterocycles. The van der Waals surface area contributed by atoms with Gasteiger partial charge in [0.15, 0.2) is 0 Å². The molecule has 5 aromatic rings. The minimum atomic E-state index is 0.556. The van der Waals surface area contributed by atoms with E-state index in [2.05, 4.69) is 87.2 Å². The lowest BCUT2D eigenvalue weighted by Crippen LogP contribution is -2.00. The van der Waals surface area contributed by atoms with Crippen LogP contribution in [0.25, 0.3) is 28.2 Å². The molecule has 0 atom stereocenters. The largest absolute Gasteiger partial charge is 0.309 e. The molecule has 0 N–H and O–H groups in total. The Morgan fingerprint density at radius 2 is 1.26 bits per heavy atom. The van der Waals surface area contributed by atoms with Crippen molar-refractivity contribution in [1.82, 2.24) is 4.57 Å². The molecule has 0 saturated heterocycles. The van der Waals surface area contributed by atoms with Crippen LogP contribution in [0.5, 0.6) is 0 Å². The standard InChI is InChI=1S/C29H19BrCl2N2/c30-23-11-13-27(14-12-23)34-28(20-7-3-1-4-8-20)15-22(29(34)21-9-5-2-6-10-21)19-33-26-17-24(31)16-25(32)18-26/h1-19H. The molecule has 34 heavy (non-hydrogen) atoms. The average Bonchev–Trinajstić information content (AvgIpc) is 3.23. The molecule has 0 bridgehead atoms. The van der Waals surface area contributed by atoms with Gasteiger partial charge in [-0.2, -0.15) is 0 Å². The van der Waals surface area contributed by atoms with Crippen LogP contribution in [0.3, 0.4) is 0 Å². The Labute approximate surface area is 217 Å². The Balaban J connectivity index is 1.77. The zero-order valence-corrected chi connectivity index (χ0v) is 21.1. The lowest BCUT2D eigenvalue weighted by molar-refractivity contribution is 1.09. The second-order valence-corrected chi connectivity index (χ2v) is 9.55. The van der Waals surface area contributed by atoms with Gasteiger partial charge in [-0.25, -0.2) is 0 Å². The number of aliphatic imine (C=N–C) groups is 1. The maximum Gasteiger partial charge on any atom is 0.0659 e. The molecule has 1 aromatic heterocycles. The third-order valence-corrected chi connectivity index (χ3v) is 6.40. The summed E-state index contributed by atoms with van der Waals surface area (Å²) >= 11 is 16.0. The molecule has 0 amide bonds. The van der Waals surface area contributed by atoms with Gasteiger partial charge in [0.05, 0.1) is 17.1 Å². The predicted octanol–water partition coefficient (Wildman–Crippen LogP) is 9.63. The second-order valence-electron chi connectivity index (χ2n) is 7.76. The minimum absolute atomic E-state index is 0.556. The smallest absolute Gasteiger partial charge is 0.0659 e. The van der Waals surface area contributed by atoms with Crippen molar-refractivity contribution in [3.05, 3.63) is 129 Å². The van der Waals surface area contributed by atoms with Crippen molar-refractivity contribution in [2.24, 2.45) is 4.99 Å². The maximum atomic E-state index is 6.19. The highest BCUT2D eigenvalue weighted by atomic mass is 79.9. The number of hydrogen-bond acceptors (Lipinski definition) is 1. The number of halogens is 3. The summed E-state index contributed by atoms with van der Waals surface area (Å²) in [6, 6.07) is 36.6. The monoisotopic (exact) mass is 544 g/mol. The van der Waals surface area contributed by atoms with Crippen molar-refractivity contribution in [2.45, 2.75) is 0 Å². The molecule has 0 aliphatic heterocycles. The fraction of sp³-hybridized carbons (Fsp3) is 0. The summed E-state index contributed by atoms with van der Waals surface area (Å²) in [4.78, 5) is 4.73. The molecule has 0 fully saturated rings. The highest BCUT2D eigenvalue weighted by molar-refractivity contribution is 9.10. The van der Waals surface area contributed by atoms with Gasteiger partial charge in [-0.15, -0.1) is 0 Å². The summed E-state index contributed by atoms with van der Waals surface area (Å²) in [5, 5.41) is 1.11. The van der Waals surface area contributed by atoms with Crippen LogP contribution in [-0.4, -0.2) is 10.8 Å². The number of hydrogen-bond donors (Lipinski definition) is 0. The van der Waals surface area contributed by atoms with Crippen LogP contribution in [0.1, 0.15) is 5.56 Å². The van der Waals surface area contributed by atoms with Crippen molar-refractivity contribution in [3.63, 3.8) is 0 Å². The molecule has 0 saturated carbocycles. The van der Waals surface area contributed by atoms with E-state index in [9.17, 15) is 0 Å². The molecular formula is C29H19BrCl2N2. The third-order valence-electron chi connectivity index (χ3n) is 5.43. The fourth-order valence-electron chi connectivity index (χ4n) is 3.96. The van der Waals surface area contributed by atoms with Crippen LogP contribution in [0.2, 0.25) is 10.0 Å². The van der Waals surface area contributed by atoms with E-state index in [1.165, 1.54) is 0 Å². The first-order valence-corrected chi connectivity index (χ1v) is 12.3. The number of aromatic nitrogens is 1. The van der Waals surface area contributed by atoms with Crippen molar-refractivity contribution < 1.29 is 0 Å². The summed E-state index contributed by atoms with van der Waals surface area (Å²) in [6.45, 7) is 0. The lowest BCUT2D eigenvalue weighted by Gasteiger charge is -2.15. The van der Waals surface area contributed by atoms with Gasteiger partial charge in [-0.3, -0.25) is 4.99 Å². The zero-order chi connectivity index (χ0) is 23.5. The van der Waals surface area contributed by atoms with Crippen LogP contribution in [-0.2, 0) is 0 Å². The predicted molar refractivity (Wildman–Crippen MR) is 148 cm³/mol. The van der Waals surface area contributed by atoms with Gasteiger partial charge in [-0.05, 0) is 59.7 Å². The molecular weight excluding hydrogens is 527 g/mol. The Morgan fingerprint density at radius 3 is 1.88 bits per heavy atom. The molecule has 2 nitrogen and oxygen atoms in total. The lowest BCUT2D eigenvalue weighted by atomic mass is 10.1. The first-order valence-electron chi connectivity index (χ1n) is 10.7. The van der Waals surface area contributed by atoms with Gasteiger partial charge in [0.25, 0.3) is 0 Å². The maximum absolute atomic E-state index is 6.19. The van der Waals surface area contributed by atoms with Crippen LogP contribution in [0.4, 0.5) is 5.69 Å². The van der Waals surface area contributed by atoms with E-state index < -0.39 is 0 Å². The fourth-order valence-corrected chi connectivity index (χ4v) is 4.74. The SMILES string of the molecule is Clc1cc(Cl)cc(N=Cc2cc(-c3ccccc3)n(-c3ccc(Br)cc3)c2-c2ccccc2)c1. The molecule has 0 spiro atoms. The Bertz CT molecular complexity index is 1440. The van der Waals surface area contributed by atoms with E-state index in [1.54, 1.807) is 18.2 Å². The van der Waals surface area contributed by atoms with E-state index in [0.29, 0.717) is 15.7 Å². The van der Waals surface area contributed by atoms with E-state index >= 15 is 0 Å². The zero-order valence-electron chi connectivity index (χ0n) is 18.0. The van der Waals surface area contributed by atoms with Gasteiger partial charge in [0.1, 0.15) is 0 Å². The topological polar surface area (TPSA) is 17.3 Å². The van der Waals surface area contributed by atoms with Crippen molar-refractivity contribution in [3.8, 4) is 28.2 Å². The van der Waals surface area contributed by atoms with Crippen molar-refractivity contribution >= 4 is 51.0 Å². The van der Waals surface area contributed by atoms with E-state index in [-0.39, 0.29) is 0 Å². The Morgan fingerprint density at radius 1 is 0.676 bits per heavy atom. The number of benzene rings is 4. The third kappa shape index (κ3) is 4.88. The van der Waals surface area contributed by atoms with Crippen LogP contribution in [0, 0.1) is 0 Å². The normalized spacial score (nSPS) is 11.3. The summed E-state index contributed by atoms with van der Waals surface area (Å²) < 4.78 is 3.31. The van der Waals surface area contributed by atoms with E-state index in [4.69, 9.17) is 28.2 Å². The molecule has 0 aliphatic rings. The molecule has 166 valence electrons. The summed E-state index contributed by atoms with van der Waals surface area (Å²) in [5.74, 6) is 0. The van der Waals surface area contributed by atoms with Crippen molar-refractivity contribution in [1.29, 1.82) is 0 Å². The molecule has 0 radical (unpaired) electrons. The summed E-state index contributed by atoms with van der Waals surface area (Å²) in [5.41, 5.74) is 7.10. The van der Waals surface area contributed by atoms with Gasteiger partial charge in [0.2, 0.25) is 0 Å². The average molecular weight is 546 g/mol. The van der Waals surface area contributed by atoms with Crippen LogP contribution in [0.15, 0.2) is 119 Å². The van der Waals surface area contributed by atoms with Crippen LogP contribution >= 0.6 is 39.1 Å². The van der Waals surface area contributed by atoms with E-state index in [0.717, 1.165) is 38.2 Å². The Kier molecular flexibility index (Phi) is 6.68. The minimum Gasteiger partial charge on any atom is -0.309 e. The molecule has 4 aromatic carbocycles.